The van der Waals surface area contributed by atoms with Crippen molar-refractivity contribution in [2.75, 3.05) is 25.1 Å². The van der Waals surface area contributed by atoms with Gasteiger partial charge in [-0.15, -0.1) is 0 Å². The third kappa shape index (κ3) is 3.37. The fourth-order valence-corrected chi connectivity index (χ4v) is 3.62. The number of ether oxygens (including phenoxy) is 2. The highest BCUT2D eigenvalue weighted by Crippen LogP contribution is 2.37. The summed E-state index contributed by atoms with van der Waals surface area (Å²) in [6.07, 6.45) is 9.10. The summed E-state index contributed by atoms with van der Waals surface area (Å²) in [7, 11) is 1.68. The molecule has 0 unspecified atom stereocenters. The molecule has 3 heterocycles. The molecular formula is C20H23N3O2. The zero-order valence-corrected chi connectivity index (χ0v) is 14.5. The number of methoxy groups -OCH3 is 1. The van der Waals surface area contributed by atoms with Crippen LogP contribution in [-0.4, -0.2) is 35.8 Å². The van der Waals surface area contributed by atoms with Crippen molar-refractivity contribution in [3.63, 3.8) is 0 Å². The Hall–Kier alpha value is -2.40. The van der Waals surface area contributed by atoms with Gasteiger partial charge in [0.05, 0.1) is 12.3 Å². The molecule has 5 nitrogen and oxygen atoms in total. The molecule has 0 radical (unpaired) electrons. The average molecular weight is 337 g/mol. The fourth-order valence-electron chi connectivity index (χ4n) is 3.62. The molecule has 2 aliphatic heterocycles. The minimum absolute atomic E-state index is 0.203. The van der Waals surface area contributed by atoms with Gasteiger partial charge in [0, 0.05) is 38.2 Å². The zero-order chi connectivity index (χ0) is 17.1. The molecule has 1 aromatic carbocycles. The van der Waals surface area contributed by atoms with Crippen molar-refractivity contribution in [2.24, 2.45) is 0 Å². The van der Waals surface area contributed by atoms with E-state index in [1.165, 1.54) is 0 Å². The summed E-state index contributed by atoms with van der Waals surface area (Å²) < 4.78 is 11.6. The highest BCUT2D eigenvalue weighted by Gasteiger charge is 2.35. The summed E-state index contributed by atoms with van der Waals surface area (Å²) in [4.78, 5) is 11.0. The SMILES string of the molecule is COCc1cc(N2CCC[C@@]3(C=Cc4ccccc4O3)CC2)ncn1. The first kappa shape index (κ1) is 16.1. The number of hydrogen-bond acceptors (Lipinski definition) is 5. The second-order valence-electron chi connectivity index (χ2n) is 6.68. The van der Waals surface area contributed by atoms with Crippen molar-refractivity contribution in [3.05, 3.63) is 54.0 Å². The first-order valence-electron chi connectivity index (χ1n) is 8.80. The van der Waals surface area contributed by atoms with Gasteiger partial charge >= 0.3 is 0 Å². The summed E-state index contributed by atoms with van der Waals surface area (Å²) >= 11 is 0. The highest BCUT2D eigenvalue weighted by molar-refractivity contribution is 5.61. The number of nitrogens with zero attached hydrogens (tertiary/aromatic N) is 3. The van der Waals surface area contributed by atoms with Crippen LogP contribution in [0.15, 0.2) is 42.7 Å². The van der Waals surface area contributed by atoms with E-state index in [0.717, 1.165) is 55.2 Å². The monoisotopic (exact) mass is 337 g/mol. The maximum atomic E-state index is 6.42. The molecule has 0 bridgehead atoms. The van der Waals surface area contributed by atoms with E-state index < -0.39 is 0 Å². The number of rotatable bonds is 3. The van der Waals surface area contributed by atoms with Gasteiger partial charge < -0.3 is 14.4 Å². The van der Waals surface area contributed by atoms with Gasteiger partial charge in [0.25, 0.3) is 0 Å². The molecule has 1 aromatic heterocycles. The smallest absolute Gasteiger partial charge is 0.132 e. The second kappa shape index (κ2) is 6.84. The first-order chi connectivity index (χ1) is 12.3. The van der Waals surface area contributed by atoms with Crippen molar-refractivity contribution in [1.29, 1.82) is 0 Å². The van der Waals surface area contributed by atoms with Crippen molar-refractivity contribution < 1.29 is 9.47 Å². The Kier molecular flexibility index (Phi) is 4.40. The van der Waals surface area contributed by atoms with Gasteiger partial charge in [-0.2, -0.15) is 0 Å². The van der Waals surface area contributed by atoms with Crippen LogP contribution in [0.5, 0.6) is 5.75 Å². The lowest BCUT2D eigenvalue weighted by molar-refractivity contribution is 0.104. The minimum atomic E-state index is -0.203. The largest absolute Gasteiger partial charge is 0.483 e. The van der Waals surface area contributed by atoms with Gasteiger partial charge in [-0.3, -0.25) is 0 Å². The van der Waals surface area contributed by atoms with Gasteiger partial charge in [-0.05, 0) is 25.0 Å². The van der Waals surface area contributed by atoms with Gasteiger partial charge in [-0.25, -0.2) is 9.97 Å². The lowest BCUT2D eigenvalue weighted by Crippen LogP contribution is -2.37. The van der Waals surface area contributed by atoms with Crippen LogP contribution in [0.2, 0.25) is 0 Å². The molecule has 1 spiro atoms. The van der Waals surface area contributed by atoms with Crippen LogP contribution in [0.25, 0.3) is 6.08 Å². The summed E-state index contributed by atoms with van der Waals surface area (Å²) in [5, 5.41) is 0. The molecule has 5 heteroatoms. The predicted molar refractivity (Wildman–Crippen MR) is 97.6 cm³/mol. The molecule has 0 amide bonds. The van der Waals surface area contributed by atoms with Crippen LogP contribution in [-0.2, 0) is 11.3 Å². The maximum absolute atomic E-state index is 6.42. The van der Waals surface area contributed by atoms with E-state index in [9.17, 15) is 0 Å². The molecule has 4 rings (SSSR count). The van der Waals surface area contributed by atoms with Crippen molar-refractivity contribution in [3.8, 4) is 5.75 Å². The Balaban J connectivity index is 1.50. The molecule has 1 atom stereocenters. The van der Waals surface area contributed by atoms with Gasteiger partial charge in [0.15, 0.2) is 0 Å². The molecular weight excluding hydrogens is 314 g/mol. The van der Waals surface area contributed by atoms with Crippen molar-refractivity contribution in [2.45, 2.75) is 31.5 Å². The van der Waals surface area contributed by atoms with E-state index in [4.69, 9.17) is 9.47 Å². The Bertz CT molecular complexity index is 777. The molecule has 0 aliphatic carbocycles. The second-order valence-corrected chi connectivity index (χ2v) is 6.68. The Labute approximate surface area is 148 Å². The van der Waals surface area contributed by atoms with Crippen LogP contribution in [0.3, 0.4) is 0 Å². The zero-order valence-electron chi connectivity index (χ0n) is 14.5. The summed E-state index contributed by atoms with van der Waals surface area (Å²) in [6.45, 7) is 2.40. The molecule has 2 aliphatic rings. The lowest BCUT2D eigenvalue weighted by atomic mass is 9.91. The number of fused-ring (bicyclic) bond motifs is 1. The molecule has 130 valence electrons. The van der Waals surface area contributed by atoms with Gasteiger partial charge in [0.1, 0.15) is 23.5 Å². The van der Waals surface area contributed by atoms with Gasteiger partial charge in [0.2, 0.25) is 0 Å². The number of aromatic nitrogens is 2. The van der Waals surface area contributed by atoms with E-state index in [0.29, 0.717) is 6.61 Å². The van der Waals surface area contributed by atoms with Crippen LogP contribution in [0.4, 0.5) is 5.82 Å². The quantitative estimate of drug-likeness (QED) is 0.858. The van der Waals surface area contributed by atoms with Crippen LogP contribution in [0, 0.1) is 0 Å². The molecule has 1 fully saturated rings. The normalized spacial score (nSPS) is 22.4. The minimum Gasteiger partial charge on any atom is -0.483 e. The lowest BCUT2D eigenvalue weighted by Gasteiger charge is -2.34. The van der Waals surface area contributed by atoms with Crippen LogP contribution in [0.1, 0.15) is 30.5 Å². The summed E-state index contributed by atoms with van der Waals surface area (Å²) in [6, 6.07) is 10.3. The number of benzene rings is 1. The van der Waals surface area contributed by atoms with Crippen molar-refractivity contribution in [1.82, 2.24) is 9.97 Å². The predicted octanol–water partition coefficient (Wildman–Crippen LogP) is 3.46. The molecule has 25 heavy (non-hydrogen) atoms. The fraction of sp³-hybridized carbons (Fsp3) is 0.400. The standard InChI is InChI=1S/C20H23N3O2/c1-24-14-17-13-19(22-15-21-17)23-11-4-8-20(10-12-23)9-7-16-5-2-3-6-18(16)25-20/h2-3,5-7,9,13,15H,4,8,10-12,14H2,1H3/t20-/m1/s1. The Morgan fingerprint density at radius 2 is 2.12 bits per heavy atom. The highest BCUT2D eigenvalue weighted by atomic mass is 16.5. The molecule has 1 saturated heterocycles. The number of para-hydroxylation sites is 1. The Morgan fingerprint density at radius 1 is 1.20 bits per heavy atom. The van der Waals surface area contributed by atoms with Crippen LogP contribution >= 0.6 is 0 Å². The summed E-state index contributed by atoms with van der Waals surface area (Å²) in [5.74, 6) is 1.96. The number of anilines is 1. The van der Waals surface area contributed by atoms with E-state index >= 15 is 0 Å². The summed E-state index contributed by atoms with van der Waals surface area (Å²) in [5.41, 5.74) is 1.87. The van der Waals surface area contributed by atoms with E-state index in [1.54, 1.807) is 13.4 Å². The third-order valence-electron chi connectivity index (χ3n) is 4.96. The van der Waals surface area contributed by atoms with E-state index in [1.807, 2.05) is 18.2 Å². The van der Waals surface area contributed by atoms with Gasteiger partial charge in [-0.1, -0.05) is 24.3 Å². The molecule has 2 aromatic rings. The maximum Gasteiger partial charge on any atom is 0.132 e. The molecule has 0 saturated carbocycles. The number of hydrogen-bond donors (Lipinski definition) is 0. The average Bonchev–Trinajstić information content (AvgIpc) is 2.85. The third-order valence-corrected chi connectivity index (χ3v) is 4.96. The first-order valence-corrected chi connectivity index (χ1v) is 8.80. The van der Waals surface area contributed by atoms with Crippen molar-refractivity contribution >= 4 is 11.9 Å². The Morgan fingerprint density at radius 3 is 3.04 bits per heavy atom. The van der Waals surface area contributed by atoms with E-state index in [2.05, 4.69) is 39.2 Å². The van der Waals surface area contributed by atoms with E-state index in [-0.39, 0.29) is 5.60 Å². The molecule has 0 N–H and O–H groups in total. The van der Waals surface area contributed by atoms with Crippen LogP contribution < -0.4 is 9.64 Å². The topological polar surface area (TPSA) is 47.5 Å².